The lowest BCUT2D eigenvalue weighted by atomic mass is 9.73. The molecule has 1 N–H and O–H groups in total. The van der Waals surface area contributed by atoms with Gasteiger partial charge in [0.05, 0.1) is 6.10 Å². The number of rotatable bonds is 5. The normalized spacial score (nSPS) is 34.7. The fraction of sp³-hybridized carbons (Fsp3) is 1.00. The van der Waals surface area contributed by atoms with E-state index in [9.17, 15) is 5.11 Å². The highest BCUT2D eigenvalue weighted by Gasteiger charge is 2.29. The Hall–Kier alpha value is -0.0800. The smallest absolute Gasteiger partial charge is 0.0572 e. The molecule has 0 aromatic rings. The number of aliphatic hydroxyl groups is 1. The first-order chi connectivity index (χ1) is 7.52. The van der Waals surface area contributed by atoms with Crippen LogP contribution in [0.15, 0.2) is 0 Å². The second-order valence-electron chi connectivity index (χ2n) is 6.04. The standard InChI is InChI=1S/C14H28O2/c1-10-5-11(2)7-13(6-10)14(15)8-12(3)9-16-4/h10-15H,5-9H2,1-4H3. The van der Waals surface area contributed by atoms with Crippen LogP contribution >= 0.6 is 0 Å². The van der Waals surface area contributed by atoms with Gasteiger partial charge >= 0.3 is 0 Å². The van der Waals surface area contributed by atoms with E-state index in [4.69, 9.17) is 4.74 Å². The molecule has 2 heteroatoms. The second kappa shape index (κ2) is 6.61. The van der Waals surface area contributed by atoms with Crippen molar-refractivity contribution in [2.75, 3.05) is 13.7 Å². The summed E-state index contributed by atoms with van der Waals surface area (Å²) in [6.45, 7) is 7.54. The van der Waals surface area contributed by atoms with Gasteiger partial charge in [0.25, 0.3) is 0 Å². The van der Waals surface area contributed by atoms with Gasteiger partial charge in [-0.1, -0.05) is 20.8 Å². The van der Waals surface area contributed by atoms with Crippen LogP contribution < -0.4 is 0 Å². The second-order valence-corrected chi connectivity index (χ2v) is 6.04. The summed E-state index contributed by atoms with van der Waals surface area (Å²) in [5.74, 6) is 2.54. The highest BCUT2D eigenvalue weighted by atomic mass is 16.5. The van der Waals surface area contributed by atoms with Crippen molar-refractivity contribution >= 4 is 0 Å². The molecule has 0 radical (unpaired) electrons. The molecular formula is C14H28O2. The first-order valence-corrected chi connectivity index (χ1v) is 6.69. The van der Waals surface area contributed by atoms with E-state index in [0.29, 0.717) is 11.8 Å². The minimum atomic E-state index is -0.129. The summed E-state index contributed by atoms with van der Waals surface area (Å²) in [4.78, 5) is 0. The molecule has 0 saturated heterocycles. The van der Waals surface area contributed by atoms with Crippen LogP contribution in [-0.2, 0) is 4.74 Å². The van der Waals surface area contributed by atoms with Gasteiger partial charge in [-0.15, -0.1) is 0 Å². The molecule has 0 aromatic heterocycles. The Morgan fingerprint density at radius 1 is 1.19 bits per heavy atom. The van der Waals surface area contributed by atoms with Gasteiger partial charge in [0.2, 0.25) is 0 Å². The van der Waals surface area contributed by atoms with Crippen molar-refractivity contribution in [2.24, 2.45) is 23.7 Å². The number of aliphatic hydroxyl groups excluding tert-OH is 1. The van der Waals surface area contributed by atoms with Crippen molar-refractivity contribution in [1.82, 2.24) is 0 Å². The lowest BCUT2D eigenvalue weighted by molar-refractivity contribution is 0.0283. The topological polar surface area (TPSA) is 29.5 Å². The maximum absolute atomic E-state index is 10.3. The highest BCUT2D eigenvalue weighted by molar-refractivity contribution is 4.80. The fourth-order valence-electron chi connectivity index (χ4n) is 3.28. The van der Waals surface area contributed by atoms with Crippen LogP contribution in [0.3, 0.4) is 0 Å². The Kier molecular flexibility index (Phi) is 5.77. The van der Waals surface area contributed by atoms with Crippen molar-refractivity contribution in [2.45, 2.75) is 52.6 Å². The van der Waals surface area contributed by atoms with Crippen LogP contribution in [0.5, 0.6) is 0 Å². The number of ether oxygens (including phenoxy) is 1. The molecule has 2 nitrogen and oxygen atoms in total. The monoisotopic (exact) mass is 228 g/mol. The molecular weight excluding hydrogens is 200 g/mol. The predicted molar refractivity (Wildman–Crippen MR) is 67.3 cm³/mol. The van der Waals surface area contributed by atoms with E-state index in [1.54, 1.807) is 7.11 Å². The van der Waals surface area contributed by atoms with Crippen LogP contribution in [-0.4, -0.2) is 24.9 Å². The Labute approximate surface area is 100 Å². The maximum atomic E-state index is 10.3. The first kappa shape index (κ1) is 14.0. The van der Waals surface area contributed by atoms with Crippen LogP contribution in [0.4, 0.5) is 0 Å². The van der Waals surface area contributed by atoms with Gasteiger partial charge < -0.3 is 9.84 Å². The third-order valence-electron chi connectivity index (χ3n) is 3.85. The predicted octanol–water partition coefficient (Wildman–Crippen LogP) is 3.09. The molecule has 1 rings (SSSR count). The maximum Gasteiger partial charge on any atom is 0.0572 e. The van der Waals surface area contributed by atoms with Gasteiger partial charge in [-0.25, -0.2) is 0 Å². The van der Waals surface area contributed by atoms with Gasteiger partial charge in [-0.3, -0.25) is 0 Å². The zero-order valence-corrected chi connectivity index (χ0v) is 11.3. The number of methoxy groups -OCH3 is 1. The SMILES string of the molecule is COCC(C)CC(O)C1CC(C)CC(C)C1. The van der Waals surface area contributed by atoms with E-state index in [-0.39, 0.29) is 6.10 Å². The molecule has 1 aliphatic carbocycles. The van der Waals surface area contributed by atoms with Crippen LogP contribution in [0, 0.1) is 23.7 Å². The van der Waals surface area contributed by atoms with E-state index >= 15 is 0 Å². The van der Waals surface area contributed by atoms with Crippen molar-refractivity contribution < 1.29 is 9.84 Å². The molecule has 0 amide bonds. The van der Waals surface area contributed by atoms with Crippen LogP contribution in [0.1, 0.15) is 46.5 Å². The molecule has 4 atom stereocenters. The Balaban J connectivity index is 2.37. The molecule has 0 spiro atoms. The summed E-state index contributed by atoms with van der Waals surface area (Å²) < 4.78 is 5.12. The minimum Gasteiger partial charge on any atom is -0.393 e. The molecule has 1 saturated carbocycles. The van der Waals surface area contributed by atoms with Crippen molar-refractivity contribution in [3.8, 4) is 0 Å². The van der Waals surface area contributed by atoms with Gasteiger partial charge in [0.1, 0.15) is 0 Å². The third kappa shape index (κ3) is 4.42. The van der Waals surface area contributed by atoms with Crippen molar-refractivity contribution in [1.29, 1.82) is 0 Å². The lowest BCUT2D eigenvalue weighted by Gasteiger charge is -2.35. The van der Waals surface area contributed by atoms with Crippen LogP contribution in [0.2, 0.25) is 0 Å². The summed E-state index contributed by atoms with van der Waals surface area (Å²) in [6, 6.07) is 0. The summed E-state index contributed by atoms with van der Waals surface area (Å²) in [6.07, 6.45) is 4.49. The van der Waals surface area contributed by atoms with Crippen LogP contribution in [0.25, 0.3) is 0 Å². The molecule has 0 aromatic carbocycles. The number of hydrogen-bond acceptors (Lipinski definition) is 2. The zero-order chi connectivity index (χ0) is 12.1. The summed E-state index contributed by atoms with van der Waals surface area (Å²) in [5, 5.41) is 10.3. The molecule has 0 bridgehead atoms. The molecule has 96 valence electrons. The summed E-state index contributed by atoms with van der Waals surface area (Å²) >= 11 is 0. The third-order valence-corrected chi connectivity index (χ3v) is 3.85. The fourth-order valence-corrected chi connectivity index (χ4v) is 3.28. The highest BCUT2D eigenvalue weighted by Crippen LogP contribution is 2.36. The number of hydrogen-bond donors (Lipinski definition) is 1. The zero-order valence-electron chi connectivity index (χ0n) is 11.3. The van der Waals surface area contributed by atoms with Gasteiger partial charge in [0.15, 0.2) is 0 Å². The molecule has 4 unspecified atom stereocenters. The molecule has 1 fully saturated rings. The van der Waals surface area contributed by atoms with Crippen molar-refractivity contribution in [3.63, 3.8) is 0 Å². The first-order valence-electron chi connectivity index (χ1n) is 6.69. The molecule has 0 heterocycles. The minimum absolute atomic E-state index is 0.129. The molecule has 16 heavy (non-hydrogen) atoms. The summed E-state index contributed by atoms with van der Waals surface area (Å²) in [7, 11) is 1.73. The van der Waals surface area contributed by atoms with E-state index in [1.165, 1.54) is 19.3 Å². The molecule has 0 aliphatic heterocycles. The van der Waals surface area contributed by atoms with E-state index in [2.05, 4.69) is 20.8 Å². The molecule has 1 aliphatic rings. The van der Waals surface area contributed by atoms with Gasteiger partial charge in [0, 0.05) is 13.7 Å². The average Bonchev–Trinajstić information content (AvgIpc) is 2.16. The van der Waals surface area contributed by atoms with Gasteiger partial charge in [-0.2, -0.15) is 0 Å². The summed E-state index contributed by atoms with van der Waals surface area (Å²) in [5.41, 5.74) is 0. The van der Waals surface area contributed by atoms with E-state index in [1.807, 2.05) is 0 Å². The van der Waals surface area contributed by atoms with E-state index in [0.717, 1.165) is 24.9 Å². The van der Waals surface area contributed by atoms with E-state index < -0.39 is 0 Å². The average molecular weight is 228 g/mol. The Morgan fingerprint density at radius 2 is 1.75 bits per heavy atom. The Morgan fingerprint density at radius 3 is 2.25 bits per heavy atom. The van der Waals surface area contributed by atoms with Crippen molar-refractivity contribution in [3.05, 3.63) is 0 Å². The van der Waals surface area contributed by atoms with Gasteiger partial charge in [-0.05, 0) is 49.4 Å². The Bertz CT molecular complexity index is 183. The quantitative estimate of drug-likeness (QED) is 0.783. The largest absolute Gasteiger partial charge is 0.393 e. The lowest BCUT2D eigenvalue weighted by Crippen LogP contribution is -2.31.